The number of piperidine rings is 1. The molecule has 0 radical (unpaired) electrons. The minimum absolute atomic E-state index is 0.374. The molecule has 2 aliphatic rings. The van der Waals surface area contributed by atoms with Crippen molar-refractivity contribution in [1.82, 2.24) is 14.9 Å². The van der Waals surface area contributed by atoms with Gasteiger partial charge < -0.3 is 4.90 Å². The van der Waals surface area contributed by atoms with E-state index in [0.717, 1.165) is 57.2 Å². The molecule has 0 aromatic carbocycles. The van der Waals surface area contributed by atoms with Gasteiger partial charge in [0, 0.05) is 50.2 Å². The van der Waals surface area contributed by atoms with Crippen molar-refractivity contribution in [3.8, 4) is 0 Å². The minimum atomic E-state index is -4.34. The van der Waals surface area contributed by atoms with Crippen LogP contribution in [-0.4, -0.2) is 47.1 Å². The lowest BCUT2D eigenvalue weighted by Crippen LogP contribution is -2.49. The van der Waals surface area contributed by atoms with Gasteiger partial charge in [-0.05, 0) is 49.6 Å². The van der Waals surface area contributed by atoms with Crippen molar-refractivity contribution in [1.29, 1.82) is 0 Å². The van der Waals surface area contributed by atoms with Crippen LogP contribution >= 0.6 is 0 Å². The van der Waals surface area contributed by atoms with Gasteiger partial charge in [0.25, 0.3) is 0 Å². The number of likely N-dealkylation sites (tertiary alicyclic amines) is 1. The quantitative estimate of drug-likeness (QED) is 0.816. The van der Waals surface area contributed by atoms with Gasteiger partial charge in [0.1, 0.15) is 5.82 Å². The van der Waals surface area contributed by atoms with Gasteiger partial charge in [0.15, 0.2) is 0 Å². The minimum Gasteiger partial charge on any atom is -0.355 e. The van der Waals surface area contributed by atoms with E-state index in [1.165, 1.54) is 12.3 Å². The van der Waals surface area contributed by atoms with Gasteiger partial charge in [-0.15, -0.1) is 0 Å². The number of alkyl halides is 3. The highest BCUT2D eigenvalue weighted by Crippen LogP contribution is 2.35. The number of hydrogen-bond donors (Lipinski definition) is 0. The van der Waals surface area contributed by atoms with Crippen molar-refractivity contribution in [3.05, 3.63) is 54.0 Å². The molecule has 144 valence electrons. The lowest BCUT2D eigenvalue weighted by molar-refractivity contribution is -0.137. The highest BCUT2D eigenvalue weighted by atomic mass is 19.4. The highest BCUT2D eigenvalue weighted by Gasteiger charge is 2.39. The Morgan fingerprint density at radius 2 is 1.89 bits per heavy atom. The van der Waals surface area contributed by atoms with E-state index < -0.39 is 11.7 Å². The molecule has 0 spiro atoms. The number of pyridine rings is 2. The summed E-state index contributed by atoms with van der Waals surface area (Å²) in [5.41, 5.74) is 0.446. The van der Waals surface area contributed by atoms with Crippen molar-refractivity contribution < 1.29 is 13.2 Å². The predicted octanol–water partition coefficient (Wildman–Crippen LogP) is 3.64. The van der Waals surface area contributed by atoms with Crippen LogP contribution in [0.15, 0.2) is 42.7 Å². The molecule has 2 saturated heterocycles. The maximum absolute atomic E-state index is 13.0. The Labute approximate surface area is 157 Å². The van der Waals surface area contributed by atoms with Gasteiger partial charge in [0.2, 0.25) is 0 Å². The molecule has 2 unspecified atom stereocenters. The Morgan fingerprint density at radius 3 is 2.67 bits per heavy atom. The van der Waals surface area contributed by atoms with E-state index in [-0.39, 0.29) is 0 Å². The number of fused-ring (bicyclic) bond motifs is 1. The molecule has 4 heterocycles. The fourth-order valence-corrected chi connectivity index (χ4v) is 4.29. The maximum atomic E-state index is 13.0. The highest BCUT2D eigenvalue weighted by molar-refractivity contribution is 5.43. The summed E-state index contributed by atoms with van der Waals surface area (Å²) < 4.78 is 39.0. The summed E-state index contributed by atoms with van der Waals surface area (Å²) in [7, 11) is 0. The maximum Gasteiger partial charge on any atom is 0.416 e. The molecule has 2 aromatic rings. The van der Waals surface area contributed by atoms with Gasteiger partial charge >= 0.3 is 6.18 Å². The fraction of sp³-hybridized carbons (Fsp3) is 0.500. The Morgan fingerprint density at radius 1 is 1.04 bits per heavy atom. The van der Waals surface area contributed by atoms with Gasteiger partial charge in [-0.3, -0.25) is 9.88 Å². The molecular weight excluding hydrogens is 353 g/mol. The van der Waals surface area contributed by atoms with Crippen molar-refractivity contribution in [2.45, 2.75) is 31.5 Å². The SMILES string of the molecule is FC(F)(F)c1ccnc(N2CCC3CCN(CCc4ccccn4)C3C2)c1. The Bertz CT molecular complexity index is 765. The van der Waals surface area contributed by atoms with Crippen LogP contribution < -0.4 is 4.90 Å². The first kappa shape index (κ1) is 18.2. The van der Waals surface area contributed by atoms with E-state index in [2.05, 4.69) is 14.9 Å². The smallest absolute Gasteiger partial charge is 0.355 e. The predicted molar refractivity (Wildman–Crippen MR) is 97.5 cm³/mol. The number of halogens is 3. The Kier molecular flexibility index (Phi) is 5.04. The zero-order valence-electron chi connectivity index (χ0n) is 15.1. The van der Waals surface area contributed by atoms with Crippen LogP contribution in [0.3, 0.4) is 0 Å². The summed E-state index contributed by atoms with van der Waals surface area (Å²) in [5.74, 6) is 1.05. The molecule has 27 heavy (non-hydrogen) atoms. The third kappa shape index (κ3) is 4.08. The van der Waals surface area contributed by atoms with Crippen LogP contribution in [-0.2, 0) is 12.6 Å². The van der Waals surface area contributed by atoms with E-state index in [4.69, 9.17) is 0 Å². The van der Waals surface area contributed by atoms with E-state index in [1.807, 2.05) is 29.3 Å². The summed E-state index contributed by atoms with van der Waals surface area (Å²) in [6, 6.07) is 8.53. The molecule has 0 bridgehead atoms. The van der Waals surface area contributed by atoms with Crippen LogP contribution in [0.4, 0.5) is 19.0 Å². The number of nitrogens with zero attached hydrogens (tertiary/aromatic N) is 4. The second kappa shape index (κ2) is 7.46. The van der Waals surface area contributed by atoms with E-state index in [0.29, 0.717) is 17.8 Å². The lowest BCUT2D eigenvalue weighted by atomic mass is 9.92. The summed E-state index contributed by atoms with van der Waals surface area (Å²) in [6.07, 6.45) is 1.80. The number of rotatable bonds is 4. The standard InChI is InChI=1S/C20H23F3N4/c21-20(22,23)16-4-9-25-19(13-16)27-11-6-15-5-10-26(18(15)14-27)12-7-17-3-1-2-8-24-17/h1-4,8-9,13,15,18H,5-7,10-12,14H2. The molecule has 2 aliphatic heterocycles. The normalized spacial score (nSPS) is 23.4. The lowest BCUT2D eigenvalue weighted by Gasteiger charge is -2.39. The fourth-order valence-electron chi connectivity index (χ4n) is 4.29. The summed E-state index contributed by atoms with van der Waals surface area (Å²) in [6.45, 7) is 3.48. The van der Waals surface area contributed by atoms with Crippen molar-refractivity contribution in [2.75, 3.05) is 31.1 Å². The number of anilines is 1. The van der Waals surface area contributed by atoms with Gasteiger partial charge in [-0.2, -0.15) is 13.2 Å². The van der Waals surface area contributed by atoms with Crippen molar-refractivity contribution in [2.24, 2.45) is 5.92 Å². The van der Waals surface area contributed by atoms with Crippen molar-refractivity contribution in [3.63, 3.8) is 0 Å². The Hall–Kier alpha value is -2.15. The average Bonchev–Trinajstić information content (AvgIpc) is 3.09. The van der Waals surface area contributed by atoms with E-state index in [9.17, 15) is 13.2 Å². The van der Waals surface area contributed by atoms with E-state index >= 15 is 0 Å². The first-order valence-corrected chi connectivity index (χ1v) is 9.43. The largest absolute Gasteiger partial charge is 0.416 e. The van der Waals surface area contributed by atoms with Crippen LogP contribution in [0.1, 0.15) is 24.1 Å². The third-order valence-corrected chi connectivity index (χ3v) is 5.76. The molecule has 2 atom stereocenters. The Balaban J connectivity index is 1.43. The number of aromatic nitrogens is 2. The molecule has 4 nitrogen and oxygen atoms in total. The molecule has 0 saturated carbocycles. The molecule has 2 aromatic heterocycles. The van der Waals surface area contributed by atoms with E-state index in [1.54, 1.807) is 0 Å². The second-order valence-corrected chi connectivity index (χ2v) is 7.36. The topological polar surface area (TPSA) is 32.3 Å². The molecule has 2 fully saturated rings. The zero-order chi connectivity index (χ0) is 18.9. The van der Waals surface area contributed by atoms with Crippen LogP contribution in [0.2, 0.25) is 0 Å². The first-order valence-electron chi connectivity index (χ1n) is 9.43. The summed E-state index contributed by atoms with van der Waals surface area (Å²) in [4.78, 5) is 13.1. The second-order valence-electron chi connectivity index (χ2n) is 7.36. The molecule has 7 heteroatoms. The summed E-state index contributed by atoms with van der Waals surface area (Å²) >= 11 is 0. The van der Waals surface area contributed by atoms with Crippen LogP contribution in [0, 0.1) is 5.92 Å². The van der Waals surface area contributed by atoms with Gasteiger partial charge in [-0.1, -0.05) is 6.07 Å². The van der Waals surface area contributed by atoms with Gasteiger partial charge in [-0.25, -0.2) is 4.98 Å². The number of hydrogen-bond acceptors (Lipinski definition) is 4. The van der Waals surface area contributed by atoms with Crippen LogP contribution in [0.25, 0.3) is 0 Å². The van der Waals surface area contributed by atoms with Crippen LogP contribution in [0.5, 0.6) is 0 Å². The molecule has 0 aliphatic carbocycles. The average molecular weight is 376 g/mol. The molecular formula is C20H23F3N4. The monoisotopic (exact) mass is 376 g/mol. The molecule has 0 amide bonds. The van der Waals surface area contributed by atoms with Gasteiger partial charge in [0.05, 0.1) is 5.56 Å². The van der Waals surface area contributed by atoms with Crippen molar-refractivity contribution >= 4 is 5.82 Å². The molecule has 4 rings (SSSR count). The molecule has 0 N–H and O–H groups in total. The first-order chi connectivity index (χ1) is 13.0. The third-order valence-electron chi connectivity index (χ3n) is 5.76. The summed E-state index contributed by atoms with van der Waals surface area (Å²) in [5, 5.41) is 0. The zero-order valence-corrected chi connectivity index (χ0v) is 15.1.